The normalized spacial score (nSPS) is 16.4. The summed E-state index contributed by atoms with van der Waals surface area (Å²) in [5.74, 6) is -0.425. The Kier molecular flexibility index (Phi) is 8.05. The van der Waals surface area contributed by atoms with Crippen LogP contribution in [0.5, 0.6) is 0 Å². The molecule has 0 aromatic heterocycles. The van der Waals surface area contributed by atoms with Crippen LogP contribution in [0.25, 0.3) is 0 Å². The molecule has 1 aliphatic rings. The fourth-order valence-electron chi connectivity index (χ4n) is 2.91. The molecule has 1 aliphatic heterocycles. The summed E-state index contributed by atoms with van der Waals surface area (Å²) in [5.41, 5.74) is 0.219. The molecule has 1 saturated heterocycles. The van der Waals surface area contributed by atoms with Gasteiger partial charge in [0.15, 0.2) is 0 Å². The SMILES string of the molecule is CC(O)C(NC(=O)OCc1ccccc1)C(=O)N1CCN(C(=O)OC(C)(C)C)CC1. The Labute approximate surface area is 176 Å². The highest BCUT2D eigenvalue weighted by atomic mass is 16.6. The van der Waals surface area contributed by atoms with Gasteiger partial charge < -0.3 is 29.7 Å². The van der Waals surface area contributed by atoms with E-state index in [1.54, 1.807) is 20.8 Å². The average molecular weight is 421 g/mol. The fraction of sp³-hybridized carbons (Fsp3) is 0.571. The zero-order valence-corrected chi connectivity index (χ0v) is 18.0. The van der Waals surface area contributed by atoms with Crippen LogP contribution in [-0.4, -0.2) is 76.9 Å². The molecule has 30 heavy (non-hydrogen) atoms. The van der Waals surface area contributed by atoms with Crippen LogP contribution in [-0.2, 0) is 20.9 Å². The lowest BCUT2D eigenvalue weighted by atomic mass is 10.1. The molecular formula is C21H31N3O6. The van der Waals surface area contributed by atoms with Gasteiger partial charge in [0.25, 0.3) is 0 Å². The minimum absolute atomic E-state index is 0.0575. The van der Waals surface area contributed by atoms with Crippen LogP contribution < -0.4 is 5.32 Å². The molecule has 0 radical (unpaired) electrons. The van der Waals surface area contributed by atoms with Crippen molar-refractivity contribution in [1.82, 2.24) is 15.1 Å². The Bertz CT molecular complexity index is 724. The van der Waals surface area contributed by atoms with E-state index in [0.29, 0.717) is 13.1 Å². The maximum Gasteiger partial charge on any atom is 0.410 e. The van der Waals surface area contributed by atoms with Crippen LogP contribution in [0, 0.1) is 0 Å². The lowest BCUT2D eigenvalue weighted by molar-refractivity contribution is -0.137. The van der Waals surface area contributed by atoms with Crippen molar-refractivity contribution >= 4 is 18.1 Å². The third-order valence-electron chi connectivity index (χ3n) is 4.48. The quantitative estimate of drug-likeness (QED) is 0.750. The third-order valence-corrected chi connectivity index (χ3v) is 4.48. The molecule has 3 amide bonds. The molecule has 0 bridgehead atoms. The van der Waals surface area contributed by atoms with Crippen LogP contribution in [0.1, 0.15) is 33.3 Å². The van der Waals surface area contributed by atoms with Gasteiger partial charge in [0.2, 0.25) is 5.91 Å². The van der Waals surface area contributed by atoms with Crippen molar-refractivity contribution in [2.24, 2.45) is 0 Å². The number of hydrogen-bond acceptors (Lipinski definition) is 6. The number of alkyl carbamates (subject to hydrolysis) is 1. The van der Waals surface area contributed by atoms with Gasteiger partial charge in [-0.05, 0) is 33.3 Å². The smallest absolute Gasteiger partial charge is 0.410 e. The zero-order chi connectivity index (χ0) is 22.3. The van der Waals surface area contributed by atoms with Gasteiger partial charge in [0.1, 0.15) is 18.2 Å². The Balaban J connectivity index is 1.86. The van der Waals surface area contributed by atoms with Crippen LogP contribution in [0.4, 0.5) is 9.59 Å². The predicted octanol–water partition coefficient (Wildman–Crippen LogP) is 1.74. The van der Waals surface area contributed by atoms with Crippen molar-refractivity contribution in [3.63, 3.8) is 0 Å². The summed E-state index contributed by atoms with van der Waals surface area (Å²) in [7, 11) is 0. The summed E-state index contributed by atoms with van der Waals surface area (Å²) in [6, 6.07) is 8.00. The minimum atomic E-state index is -1.14. The van der Waals surface area contributed by atoms with Crippen molar-refractivity contribution in [2.75, 3.05) is 26.2 Å². The second-order valence-corrected chi connectivity index (χ2v) is 8.22. The molecule has 0 saturated carbocycles. The highest BCUT2D eigenvalue weighted by molar-refractivity contribution is 5.86. The Hall–Kier alpha value is -2.81. The van der Waals surface area contributed by atoms with E-state index in [2.05, 4.69) is 5.32 Å². The number of aliphatic hydroxyl groups excluding tert-OH is 1. The number of aliphatic hydroxyl groups is 1. The van der Waals surface area contributed by atoms with Crippen LogP contribution in [0.3, 0.4) is 0 Å². The number of amides is 3. The molecule has 1 aromatic rings. The van der Waals surface area contributed by atoms with Gasteiger partial charge in [-0.3, -0.25) is 4.79 Å². The first kappa shape index (κ1) is 23.5. The second kappa shape index (κ2) is 10.3. The molecule has 9 nitrogen and oxygen atoms in total. The van der Waals surface area contributed by atoms with E-state index in [9.17, 15) is 19.5 Å². The number of hydrogen-bond donors (Lipinski definition) is 2. The number of piperazine rings is 1. The van der Waals surface area contributed by atoms with E-state index in [1.165, 1.54) is 16.7 Å². The first-order chi connectivity index (χ1) is 14.1. The Morgan fingerprint density at radius 1 is 1.07 bits per heavy atom. The molecule has 166 valence electrons. The number of benzene rings is 1. The highest BCUT2D eigenvalue weighted by Crippen LogP contribution is 2.13. The maximum absolute atomic E-state index is 12.8. The van der Waals surface area contributed by atoms with Crippen LogP contribution in [0.2, 0.25) is 0 Å². The number of nitrogens with zero attached hydrogens (tertiary/aromatic N) is 2. The molecule has 2 unspecified atom stereocenters. The standard InChI is InChI=1S/C21H31N3O6/c1-15(25)17(22-19(27)29-14-16-8-6-5-7-9-16)18(26)23-10-12-24(13-11-23)20(28)30-21(2,3)4/h5-9,15,17,25H,10-14H2,1-4H3,(H,22,27). The van der Waals surface area contributed by atoms with Gasteiger partial charge in [-0.25, -0.2) is 9.59 Å². The molecular weight excluding hydrogens is 390 g/mol. The van der Waals surface area contributed by atoms with E-state index in [0.717, 1.165) is 5.56 Å². The summed E-state index contributed by atoms with van der Waals surface area (Å²) in [6.45, 7) is 8.04. The molecule has 2 rings (SSSR count). The van der Waals surface area contributed by atoms with Crippen LogP contribution >= 0.6 is 0 Å². The summed E-state index contributed by atoms with van der Waals surface area (Å²) in [4.78, 5) is 40.1. The van der Waals surface area contributed by atoms with E-state index in [-0.39, 0.29) is 19.7 Å². The van der Waals surface area contributed by atoms with Gasteiger partial charge in [-0.2, -0.15) is 0 Å². The topological polar surface area (TPSA) is 108 Å². The van der Waals surface area contributed by atoms with Crippen LogP contribution in [0.15, 0.2) is 30.3 Å². The van der Waals surface area contributed by atoms with Gasteiger partial charge in [0.05, 0.1) is 6.10 Å². The molecule has 0 spiro atoms. The van der Waals surface area contributed by atoms with E-state index in [4.69, 9.17) is 9.47 Å². The lowest BCUT2D eigenvalue weighted by Crippen LogP contribution is -2.58. The first-order valence-electron chi connectivity index (χ1n) is 9.99. The first-order valence-corrected chi connectivity index (χ1v) is 9.99. The second-order valence-electron chi connectivity index (χ2n) is 8.22. The molecule has 9 heteroatoms. The molecule has 2 N–H and O–H groups in total. The third kappa shape index (κ3) is 7.22. The molecule has 2 atom stereocenters. The lowest BCUT2D eigenvalue weighted by Gasteiger charge is -2.37. The number of carbonyl (C=O) groups is 3. The predicted molar refractivity (Wildman–Crippen MR) is 110 cm³/mol. The summed E-state index contributed by atoms with van der Waals surface area (Å²) < 4.78 is 10.5. The summed E-state index contributed by atoms with van der Waals surface area (Å²) in [6.07, 6.45) is -2.32. The summed E-state index contributed by atoms with van der Waals surface area (Å²) in [5, 5.41) is 12.5. The monoisotopic (exact) mass is 421 g/mol. The zero-order valence-electron chi connectivity index (χ0n) is 18.0. The van der Waals surface area contributed by atoms with Crippen molar-refractivity contribution < 1.29 is 29.0 Å². The maximum atomic E-state index is 12.8. The van der Waals surface area contributed by atoms with Gasteiger partial charge in [0, 0.05) is 26.2 Å². The molecule has 0 aliphatic carbocycles. The Morgan fingerprint density at radius 3 is 2.17 bits per heavy atom. The number of ether oxygens (including phenoxy) is 2. The van der Waals surface area contributed by atoms with Crippen molar-refractivity contribution in [3.05, 3.63) is 35.9 Å². The van der Waals surface area contributed by atoms with Gasteiger partial charge in [-0.15, -0.1) is 0 Å². The molecule has 1 heterocycles. The van der Waals surface area contributed by atoms with Crippen molar-refractivity contribution in [3.8, 4) is 0 Å². The highest BCUT2D eigenvalue weighted by Gasteiger charge is 2.33. The number of nitrogens with one attached hydrogen (secondary N) is 1. The van der Waals surface area contributed by atoms with Gasteiger partial charge >= 0.3 is 12.2 Å². The minimum Gasteiger partial charge on any atom is -0.445 e. The van der Waals surface area contributed by atoms with Gasteiger partial charge in [-0.1, -0.05) is 30.3 Å². The van der Waals surface area contributed by atoms with Crippen molar-refractivity contribution in [2.45, 2.75) is 52.0 Å². The number of carbonyl (C=O) groups excluding carboxylic acids is 3. The fourth-order valence-corrected chi connectivity index (χ4v) is 2.91. The van der Waals surface area contributed by atoms with E-state index in [1.807, 2.05) is 30.3 Å². The summed E-state index contributed by atoms with van der Waals surface area (Å²) >= 11 is 0. The molecule has 1 aromatic carbocycles. The largest absolute Gasteiger partial charge is 0.445 e. The number of rotatable bonds is 5. The van der Waals surface area contributed by atoms with Crippen molar-refractivity contribution in [1.29, 1.82) is 0 Å². The Morgan fingerprint density at radius 2 is 1.63 bits per heavy atom. The van der Waals surface area contributed by atoms with E-state index < -0.39 is 35.8 Å². The van der Waals surface area contributed by atoms with E-state index >= 15 is 0 Å². The molecule has 1 fully saturated rings. The average Bonchev–Trinajstić information content (AvgIpc) is 2.69.